The molecule has 4 heteroatoms. The summed E-state index contributed by atoms with van der Waals surface area (Å²) in [4.78, 5) is 0. The molecule has 0 aliphatic heterocycles. The highest BCUT2D eigenvalue weighted by atomic mass is 16.5. The molecule has 0 saturated carbocycles. The minimum Gasteiger partial charge on any atom is -0.495 e. The summed E-state index contributed by atoms with van der Waals surface area (Å²) in [6, 6.07) is 29.5. The molecule has 38 heavy (non-hydrogen) atoms. The van der Waals surface area contributed by atoms with E-state index in [-0.39, 0.29) is 0 Å². The maximum atomic E-state index is 6.25. The van der Waals surface area contributed by atoms with E-state index in [1.807, 2.05) is 38.1 Å². The minimum absolute atomic E-state index is 0.581. The molecule has 0 N–H and O–H groups in total. The molecule has 0 fully saturated rings. The maximum Gasteiger partial charge on any atom is 0.135 e. The second-order valence-electron chi connectivity index (χ2n) is 9.20. The third-order valence-electron chi connectivity index (χ3n) is 7.17. The fraction of sp³-hybridized carbons (Fsp3) is 0.176. The van der Waals surface area contributed by atoms with E-state index in [1.54, 1.807) is 14.2 Å². The van der Waals surface area contributed by atoms with E-state index < -0.39 is 0 Å². The van der Waals surface area contributed by atoms with E-state index in [0.29, 0.717) is 13.2 Å². The Morgan fingerprint density at radius 3 is 1.21 bits per heavy atom. The van der Waals surface area contributed by atoms with Crippen molar-refractivity contribution in [2.75, 3.05) is 27.4 Å². The van der Waals surface area contributed by atoms with E-state index in [1.165, 1.54) is 0 Å². The Hall–Kier alpha value is -4.44. The first-order valence-electron chi connectivity index (χ1n) is 13.0. The van der Waals surface area contributed by atoms with Crippen molar-refractivity contribution in [3.8, 4) is 34.1 Å². The molecule has 6 rings (SSSR count). The van der Waals surface area contributed by atoms with Crippen LogP contribution in [-0.2, 0) is 0 Å². The summed E-state index contributed by atoms with van der Waals surface area (Å²) >= 11 is 0. The highest BCUT2D eigenvalue weighted by molar-refractivity contribution is 6.14. The second-order valence-corrected chi connectivity index (χ2v) is 9.20. The third kappa shape index (κ3) is 3.67. The first-order chi connectivity index (χ1) is 18.7. The van der Waals surface area contributed by atoms with Gasteiger partial charge in [-0.2, -0.15) is 0 Å². The maximum absolute atomic E-state index is 6.25. The van der Waals surface area contributed by atoms with Gasteiger partial charge in [0.1, 0.15) is 23.0 Å². The summed E-state index contributed by atoms with van der Waals surface area (Å²) in [5.41, 5.74) is 2.18. The standard InChI is InChI=1S/C34H30O4/c1-5-37-33-25-13-9-10-14-26(25)34(38-6-2)30-20-22(16-18-28(30)33)21-15-17-27-29(19-21)32(36-4)24-12-8-7-11-23(24)31(27)35-3/h7-20H,5-6H2,1-4H3. The zero-order valence-electron chi connectivity index (χ0n) is 22.1. The first kappa shape index (κ1) is 23.9. The van der Waals surface area contributed by atoms with Gasteiger partial charge >= 0.3 is 0 Å². The lowest BCUT2D eigenvalue weighted by atomic mass is 9.94. The summed E-state index contributed by atoms with van der Waals surface area (Å²) in [7, 11) is 3.45. The number of benzene rings is 6. The van der Waals surface area contributed by atoms with Crippen molar-refractivity contribution in [2.24, 2.45) is 0 Å². The van der Waals surface area contributed by atoms with E-state index in [0.717, 1.165) is 77.2 Å². The van der Waals surface area contributed by atoms with Crippen LogP contribution in [0.1, 0.15) is 13.8 Å². The summed E-state index contributed by atoms with van der Waals surface area (Å²) in [5.74, 6) is 3.48. The molecule has 0 amide bonds. The lowest BCUT2D eigenvalue weighted by Crippen LogP contribution is -1.99. The molecule has 6 aromatic rings. The zero-order valence-corrected chi connectivity index (χ0v) is 22.1. The van der Waals surface area contributed by atoms with Gasteiger partial charge in [0, 0.05) is 43.1 Å². The molecule has 0 spiro atoms. The van der Waals surface area contributed by atoms with Crippen LogP contribution in [0.15, 0.2) is 84.9 Å². The summed E-state index contributed by atoms with van der Waals surface area (Å²) in [5, 5.41) is 8.30. The Balaban J connectivity index is 1.64. The molecule has 6 aromatic carbocycles. The van der Waals surface area contributed by atoms with E-state index >= 15 is 0 Å². The number of rotatable bonds is 7. The van der Waals surface area contributed by atoms with Gasteiger partial charge in [-0.3, -0.25) is 0 Å². The molecule has 0 unspecified atom stereocenters. The van der Waals surface area contributed by atoms with Crippen molar-refractivity contribution in [3.05, 3.63) is 84.9 Å². The van der Waals surface area contributed by atoms with Gasteiger partial charge in [0.25, 0.3) is 0 Å². The molecule has 0 aromatic heterocycles. The van der Waals surface area contributed by atoms with Crippen LogP contribution < -0.4 is 18.9 Å². The van der Waals surface area contributed by atoms with Crippen LogP contribution in [0.5, 0.6) is 23.0 Å². The Morgan fingerprint density at radius 2 is 0.763 bits per heavy atom. The number of ether oxygens (including phenoxy) is 4. The Morgan fingerprint density at radius 1 is 0.421 bits per heavy atom. The van der Waals surface area contributed by atoms with Crippen LogP contribution >= 0.6 is 0 Å². The Bertz CT molecular complexity index is 1820. The summed E-state index contributed by atoms with van der Waals surface area (Å²) < 4.78 is 24.3. The van der Waals surface area contributed by atoms with Crippen molar-refractivity contribution < 1.29 is 18.9 Å². The van der Waals surface area contributed by atoms with Gasteiger partial charge in [0.05, 0.1) is 27.4 Å². The molecule has 0 aliphatic carbocycles. The number of hydrogen-bond acceptors (Lipinski definition) is 4. The van der Waals surface area contributed by atoms with Crippen molar-refractivity contribution >= 4 is 43.1 Å². The van der Waals surface area contributed by atoms with Crippen molar-refractivity contribution in [2.45, 2.75) is 13.8 Å². The molecular formula is C34H30O4. The molecule has 0 saturated heterocycles. The SMILES string of the molecule is CCOc1c2ccccc2c(OCC)c2cc(-c3ccc4c(OC)c5ccccc5c(OC)c4c3)ccc12. The van der Waals surface area contributed by atoms with E-state index in [4.69, 9.17) is 18.9 Å². The molecule has 0 atom stereocenters. The van der Waals surface area contributed by atoms with Crippen LogP contribution in [0.25, 0.3) is 54.2 Å². The minimum atomic E-state index is 0.581. The highest BCUT2D eigenvalue weighted by Gasteiger charge is 2.18. The van der Waals surface area contributed by atoms with Gasteiger partial charge in [0.2, 0.25) is 0 Å². The molecule has 0 radical (unpaired) electrons. The third-order valence-corrected chi connectivity index (χ3v) is 7.17. The Kier molecular flexibility index (Phi) is 6.16. The van der Waals surface area contributed by atoms with Crippen LogP contribution in [0, 0.1) is 0 Å². The highest BCUT2D eigenvalue weighted by Crippen LogP contribution is 2.46. The van der Waals surface area contributed by atoms with E-state index in [2.05, 4.69) is 60.7 Å². The second kappa shape index (κ2) is 9.79. The molecule has 190 valence electrons. The quantitative estimate of drug-likeness (QED) is 0.204. The zero-order chi connectivity index (χ0) is 26.2. The van der Waals surface area contributed by atoms with Gasteiger partial charge in [-0.1, -0.05) is 60.7 Å². The van der Waals surface area contributed by atoms with Gasteiger partial charge in [-0.15, -0.1) is 0 Å². The van der Waals surface area contributed by atoms with Crippen LogP contribution in [0.4, 0.5) is 0 Å². The summed E-state index contributed by atoms with van der Waals surface area (Å²) in [6.07, 6.45) is 0. The normalized spacial score (nSPS) is 11.4. The fourth-order valence-corrected chi connectivity index (χ4v) is 5.60. The molecular weight excluding hydrogens is 472 g/mol. The van der Waals surface area contributed by atoms with Crippen molar-refractivity contribution in [1.29, 1.82) is 0 Å². The van der Waals surface area contributed by atoms with Crippen molar-refractivity contribution in [1.82, 2.24) is 0 Å². The molecule has 0 aliphatic rings. The topological polar surface area (TPSA) is 36.9 Å². The lowest BCUT2D eigenvalue weighted by Gasteiger charge is -2.18. The average Bonchev–Trinajstić information content (AvgIpc) is 2.97. The van der Waals surface area contributed by atoms with Gasteiger partial charge in [-0.05, 0) is 49.2 Å². The van der Waals surface area contributed by atoms with Crippen molar-refractivity contribution in [3.63, 3.8) is 0 Å². The predicted octanol–water partition coefficient (Wildman–Crippen LogP) is 8.78. The fourth-order valence-electron chi connectivity index (χ4n) is 5.60. The number of fused-ring (bicyclic) bond motifs is 4. The molecule has 4 nitrogen and oxygen atoms in total. The number of methoxy groups -OCH3 is 2. The van der Waals surface area contributed by atoms with Gasteiger partial charge in [0.15, 0.2) is 0 Å². The van der Waals surface area contributed by atoms with Crippen LogP contribution in [0.3, 0.4) is 0 Å². The smallest absolute Gasteiger partial charge is 0.135 e. The van der Waals surface area contributed by atoms with E-state index in [9.17, 15) is 0 Å². The largest absolute Gasteiger partial charge is 0.495 e. The van der Waals surface area contributed by atoms with Gasteiger partial charge < -0.3 is 18.9 Å². The molecule has 0 heterocycles. The average molecular weight is 503 g/mol. The van der Waals surface area contributed by atoms with Crippen LogP contribution in [-0.4, -0.2) is 27.4 Å². The van der Waals surface area contributed by atoms with Crippen LogP contribution in [0.2, 0.25) is 0 Å². The summed E-state index contributed by atoms with van der Waals surface area (Å²) in [6.45, 7) is 5.21. The molecule has 0 bridgehead atoms. The van der Waals surface area contributed by atoms with Gasteiger partial charge in [-0.25, -0.2) is 0 Å². The number of hydrogen-bond donors (Lipinski definition) is 0. The first-order valence-corrected chi connectivity index (χ1v) is 13.0. The lowest BCUT2D eigenvalue weighted by molar-refractivity contribution is 0.342. The monoisotopic (exact) mass is 502 g/mol. The predicted molar refractivity (Wildman–Crippen MR) is 157 cm³/mol. The Labute approximate surface area is 222 Å².